The van der Waals surface area contributed by atoms with E-state index in [1.165, 1.54) is 0 Å². The van der Waals surface area contributed by atoms with Gasteiger partial charge in [0.2, 0.25) is 0 Å². The Balaban J connectivity index is 4.44. The molecule has 0 aliphatic rings. The van der Waals surface area contributed by atoms with Crippen LogP contribution >= 0.6 is 0 Å². The highest BCUT2D eigenvalue weighted by Crippen LogP contribution is 2.35. The summed E-state index contributed by atoms with van der Waals surface area (Å²) in [6.07, 6.45) is -8.33. The summed E-state index contributed by atoms with van der Waals surface area (Å²) in [4.78, 5) is 20.3. The predicted octanol–water partition coefficient (Wildman–Crippen LogP) is -0.254. The van der Waals surface area contributed by atoms with Crippen molar-refractivity contribution in [3.63, 3.8) is 0 Å². The van der Waals surface area contributed by atoms with Gasteiger partial charge >= 0.3 is 18.1 Å². The Hall–Kier alpha value is -1.45. The van der Waals surface area contributed by atoms with Crippen LogP contribution in [-0.4, -0.2) is 46.8 Å². The molecule has 0 unspecified atom stereocenters. The lowest BCUT2D eigenvalue weighted by Crippen LogP contribution is -2.52. The minimum absolute atomic E-state index is 0.971. The van der Waals surface area contributed by atoms with E-state index in [2.05, 4.69) is 0 Å². The number of nitrogens with one attached hydrogen (secondary N) is 1. The molecule has 94 valence electrons. The molecule has 0 aliphatic carbocycles. The molecular formula is C6H6F5NO4. The van der Waals surface area contributed by atoms with E-state index in [-0.39, 0.29) is 0 Å². The number of rotatable bonds is 4. The van der Waals surface area contributed by atoms with Gasteiger partial charge in [0.05, 0.1) is 6.54 Å². The summed E-state index contributed by atoms with van der Waals surface area (Å²) in [5.74, 6) is -10.2. The van der Waals surface area contributed by atoms with Gasteiger partial charge < -0.3 is 15.5 Å². The van der Waals surface area contributed by atoms with Crippen LogP contribution in [0.4, 0.5) is 22.0 Å². The number of aliphatic hydroxyl groups excluding tert-OH is 1. The summed E-state index contributed by atoms with van der Waals surface area (Å²) in [5.41, 5.74) is 0. The summed E-state index contributed by atoms with van der Waals surface area (Å²) >= 11 is 0. The average molecular weight is 251 g/mol. The summed E-state index contributed by atoms with van der Waals surface area (Å²) in [7, 11) is 0. The molecule has 0 heterocycles. The maximum atomic E-state index is 12.2. The number of hydrogen-bond acceptors (Lipinski definition) is 3. The Morgan fingerprint density at radius 2 is 1.62 bits per heavy atom. The zero-order chi connectivity index (χ0) is 13.1. The van der Waals surface area contributed by atoms with Gasteiger partial charge in [0.15, 0.2) is 6.10 Å². The fraction of sp³-hybridized carbons (Fsp3) is 0.667. The molecule has 0 aromatic heterocycles. The van der Waals surface area contributed by atoms with Gasteiger partial charge in [0.25, 0.3) is 5.91 Å². The van der Waals surface area contributed by atoms with Crippen LogP contribution in [0.25, 0.3) is 0 Å². The van der Waals surface area contributed by atoms with Gasteiger partial charge in [-0.2, -0.15) is 22.0 Å². The van der Waals surface area contributed by atoms with Crippen molar-refractivity contribution in [3.8, 4) is 0 Å². The fourth-order valence-corrected chi connectivity index (χ4v) is 0.516. The molecule has 0 aromatic rings. The Bertz CT molecular complexity index is 289. The van der Waals surface area contributed by atoms with Gasteiger partial charge in [-0.3, -0.25) is 4.79 Å². The van der Waals surface area contributed by atoms with Crippen LogP contribution in [0.15, 0.2) is 0 Å². The Morgan fingerprint density at radius 3 is 1.94 bits per heavy atom. The summed E-state index contributed by atoms with van der Waals surface area (Å²) < 4.78 is 59.2. The molecule has 3 N–H and O–H groups in total. The first-order chi connectivity index (χ1) is 7.00. The van der Waals surface area contributed by atoms with Gasteiger partial charge in [0.1, 0.15) is 0 Å². The quantitative estimate of drug-likeness (QED) is 0.601. The topological polar surface area (TPSA) is 86.6 Å². The number of alkyl halides is 5. The minimum atomic E-state index is -6.08. The average Bonchev–Trinajstić information content (AvgIpc) is 2.11. The number of carboxylic acids is 1. The largest absolute Gasteiger partial charge is 0.479 e. The monoisotopic (exact) mass is 251 g/mol. The number of hydrogen-bond donors (Lipinski definition) is 3. The van der Waals surface area contributed by atoms with Crippen molar-refractivity contribution in [1.29, 1.82) is 0 Å². The fourth-order valence-electron chi connectivity index (χ4n) is 0.516. The number of carbonyl (C=O) groups is 2. The second kappa shape index (κ2) is 4.60. The van der Waals surface area contributed by atoms with E-state index in [0.29, 0.717) is 0 Å². The van der Waals surface area contributed by atoms with Crippen molar-refractivity contribution in [1.82, 2.24) is 5.32 Å². The van der Waals surface area contributed by atoms with Gasteiger partial charge in [-0.05, 0) is 0 Å². The summed E-state index contributed by atoms with van der Waals surface area (Å²) in [6, 6.07) is 0. The molecule has 10 heteroatoms. The van der Waals surface area contributed by atoms with Crippen molar-refractivity contribution >= 4 is 11.9 Å². The maximum absolute atomic E-state index is 12.2. The summed E-state index contributed by atoms with van der Waals surface area (Å²) in [5, 5.41) is 17.5. The number of halogens is 5. The second-order valence-corrected chi connectivity index (χ2v) is 2.64. The van der Waals surface area contributed by atoms with Gasteiger partial charge in [-0.25, -0.2) is 4.79 Å². The van der Waals surface area contributed by atoms with Crippen LogP contribution in [-0.2, 0) is 9.59 Å². The third-order valence-corrected chi connectivity index (χ3v) is 1.38. The summed E-state index contributed by atoms with van der Waals surface area (Å²) in [6.45, 7) is -1.25. The van der Waals surface area contributed by atoms with Crippen LogP contribution < -0.4 is 5.32 Å². The molecule has 0 aromatic carbocycles. The van der Waals surface area contributed by atoms with Crippen molar-refractivity contribution in [2.24, 2.45) is 0 Å². The third-order valence-electron chi connectivity index (χ3n) is 1.38. The van der Waals surface area contributed by atoms with E-state index in [1.54, 1.807) is 0 Å². The first-order valence-corrected chi connectivity index (χ1v) is 3.64. The molecular weight excluding hydrogens is 245 g/mol. The molecule has 0 fully saturated rings. The second-order valence-electron chi connectivity index (χ2n) is 2.64. The van der Waals surface area contributed by atoms with Crippen molar-refractivity contribution in [2.75, 3.05) is 6.54 Å². The number of amides is 1. The standard InChI is InChI=1S/C6H6F5NO4/c7-5(8,6(9,10)11)4(16)12-1-2(13)3(14)15/h2,13H,1H2,(H,12,16)(H,14,15)/t2-/m0/s1. The predicted molar refractivity (Wildman–Crippen MR) is 37.7 cm³/mol. The molecule has 0 rings (SSSR count). The molecule has 0 bridgehead atoms. The number of aliphatic carboxylic acids is 1. The molecule has 0 saturated heterocycles. The van der Waals surface area contributed by atoms with Gasteiger partial charge in [-0.1, -0.05) is 0 Å². The Morgan fingerprint density at radius 1 is 1.19 bits per heavy atom. The number of aliphatic hydroxyl groups is 1. The van der Waals surface area contributed by atoms with E-state index in [1.807, 2.05) is 0 Å². The normalized spacial score (nSPS) is 14.4. The van der Waals surface area contributed by atoms with Crippen LogP contribution in [0.1, 0.15) is 0 Å². The Kier molecular flexibility index (Phi) is 4.18. The molecule has 1 amide bonds. The van der Waals surface area contributed by atoms with Crippen LogP contribution in [0.2, 0.25) is 0 Å². The van der Waals surface area contributed by atoms with Gasteiger partial charge in [0, 0.05) is 0 Å². The number of carbonyl (C=O) groups excluding carboxylic acids is 1. The smallest absolute Gasteiger partial charge is 0.463 e. The first kappa shape index (κ1) is 14.5. The number of carboxylic acid groups (broad SMARTS) is 1. The van der Waals surface area contributed by atoms with E-state index >= 15 is 0 Å². The lowest BCUT2D eigenvalue weighted by atomic mass is 10.3. The third kappa shape index (κ3) is 3.29. The van der Waals surface area contributed by atoms with Crippen molar-refractivity contribution < 1.29 is 41.8 Å². The van der Waals surface area contributed by atoms with Crippen LogP contribution in [0, 0.1) is 0 Å². The highest BCUT2D eigenvalue weighted by molar-refractivity contribution is 5.85. The molecule has 16 heavy (non-hydrogen) atoms. The van der Waals surface area contributed by atoms with Crippen LogP contribution in [0.5, 0.6) is 0 Å². The first-order valence-electron chi connectivity index (χ1n) is 3.64. The van der Waals surface area contributed by atoms with Gasteiger partial charge in [-0.15, -0.1) is 0 Å². The molecule has 0 aliphatic heterocycles. The van der Waals surface area contributed by atoms with Crippen LogP contribution in [0.3, 0.4) is 0 Å². The minimum Gasteiger partial charge on any atom is -0.479 e. The SMILES string of the molecule is O=C(O)[C@@H](O)CNC(=O)C(F)(F)C(F)(F)F. The van der Waals surface area contributed by atoms with E-state index in [0.717, 1.165) is 5.32 Å². The zero-order valence-electron chi connectivity index (χ0n) is 7.39. The lowest BCUT2D eigenvalue weighted by molar-refractivity contribution is -0.269. The highest BCUT2D eigenvalue weighted by Gasteiger charge is 2.63. The molecule has 5 nitrogen and oxygen atoms in total. The molecule has 0 saturated carbocycles. The molecule has 1 atom stereocenters. The maximum Gasteiger partial charge on any atom is 0.463 e. The zero-order valence-corrected chi connectivity index (χ0v) is 7.39. The highest BCUT2D eigenvalue weighted by atomic mass is 19.4. The van der Waals surface area contributed by atoms with Crippen molar-refractivity contribution in [2.45, 2.75) is 18.2 Å². The van der Waals surface area contributed by atoms with Crippen molar-refractivity contribution in [3.05, 3.63) is 0 Å². The molecule has 0 radical (unpaired) electrons. The lowest BCUT2D eigenvalue weighted by Gasteiger charge is -2.18. The molecule has 0 spiro atoms. The van der Waals surface area contributed by atoms with E-state index in [4.69, 9.17) is 10.2 Å². The van der Waals surface area contributed by atoms with E-state index < -0.39 is 36.6 Å². The Labute approximate surface area is 84.9 Å². The van der Waals surface area contributed by atoms with E-state index in [9.17, 15) is 31.5 Å².